The highest BCUT2D eigenvalue weighted by Crippen LogP contribution is 2.25. The topological polar surface area (TPSA) is 86.8 Å². The number of piperazine rings is 1. The fourth-order valence-electron chi connectivity index (χ4n) is 3.17. The number of benzene rings is 2. The molecular weight excluding hydrogens is 458 g/mol. The van der Waals surface area contributed by atoms with E-state index in [4.69, 9.17) is 0 Å². The number of halogens is 1. The van der Waals surface area contributed by atoms with Crippen molar-refractivity contribution in [2.45, 2.75) is 18.2 Å². The first kappa shape index (κ1) is 21.5. The summed E-state index contributed by atoms with van der Waals surface area (Å²) in [6.45, 7) is 2.67. The van der Waals surface area contributed by atoms with Crippen molar-refractivity contribution in [1.82, 2.24) is 9.21 Å². The minimum atomic E-state index is -3.60. The Bertz CT molecular complexity index is 1000. The Balaban J connectivity index is 1.58. The summed E-state index contributed by atoms with van der Waals surface area (Å²) < 4.78 is 27.6. The maximum Gasteiger partial charge on any atom is 0.244 e. The van der Waals surface area contributed by atoms with E-state index in [1.807, 2.05) is 0 Å². The molecule has 2 aromatic rings. The van der Waals surface area contributed by atoms with Gasteiger partial charge >= 0.3 is 0 Å². The third-order valence-electron chi connectivity index (χ3n) is 4.68. The first-order chi connectivity index (χ1) is 13.8. The van der Waals surface area contributed by atoms with Gasteiger partial charge in [-0.05, 0) is 45.8 Å². The molecule has 2 amide bonds. The predicted octanol–water partition coefficient (Wildman–Crippen LogP) is 2.48. The lowest BCUT2D eigenvalue weighted by molar-refractivity contribution is -0.131. The van der Waals surface area contributed by atoms with Crippen LogP contribution < -0.4 is 5.32 Å². The summed E-state index contributed by atoms with van der Waals surface area (Å²) in [6.07, 6.45) is 0.233. The summed E-state index contributed by atoms with van der Waals surface area (Å²) in [5.74, 6) is -0.195. The van der Waals surface area contributed by atoms with Gasteiger partial charge in [-0.3, -0.25) is 9.59 Å². The molecule has 0 saturated carbocycles. The highest BCUT2D eigenvalue weighted by molar-refractivity contribution is 9.10. The molecule has 3 rings (SSSR count). The summed E-state index contributed by atoms with van der Waals surface area (Å²) >= 11 is 3.30. The van der Waals surface area contributed by atoms with Crippen LogP contribution in [-0.4, -0.2) is 55.6 Å². The number of carbonyl (C=O) groups excluding carboxylic acids is 2. The lowest BCUT2D eigenvalue weighted by Crippen LogP contribution is -2.50. The first-order valence-electron chi connectivity index (χ1n) is 9.16. The van der Waals surface area contributed by atoms with Crippen LogP contribution in [0.5, 0.6) is 0 Å². The summed E-state index contributed by atoms with van der Waals surface area (Å²) in [7, 11) is -3.60. The van der Waals surface area contributed by atoms with E-state index >= 15 is 0 Å². The quantitative estimate of drug-likeness (QED) is 0.713. The molecule has 1 heterocycles. The van der Waals surface area contributed by atoms with Crippen LogP contribution in [0.4, 0.5) is 5.69 Å². The average Bonchev–Trinajstić information content (AvgIpc) is 2.69. The van der Waals surface area contributed by atoms with Gasteiger partial charge in [0.2, 0.25) is 21.8 Å². The Morgan fingerprint density at radius 2 is 1.62 bits per heavy atom. The summed E-state index contributed by atoms with van der Waals surface area (Å²) in [5.41, 5.74) is 1.52. The van der Waals surface area contributed by atoms with Gasteiger partial charge in [0.15, 0.2) is 0 Å². The summed E-state index contributed by atoms with van der Waals surface area (Å²) in [5, 5.41) is 2.69. The SMILES string of the molecule is CC(=O)Nc1ccc(CC(=O)N2CCN(S(=O)(=O)c3ccccc3Br)CC2)cc1. The molecule has 0 radical (unpaired) electrons. The molecule has 2 aromatic carbocycles. The Morgan fingerprint density at radius 1 is 1.00 bits per heavy atom. The normalized spacial score (nSPS) is 15.2. The van der Waals surface area contributed by atoms with Gasteiger partial charge in [-0.2, -0.15) is 4.31 Å². The number of nitrogens with one attached hydrogen (secondary N) is 1. The van der Waals surface area contributed by atoms with E-state index in [1.54, 1.807) is 53.4 Å². The smallest absolute Gasteiger partial charge is 0.244 e. The van der Waals surface area contributed by atoms with Crippen molar-refractivity contribution < 1.29 is 18.0 Å². The van der Waals surface area contributed by atoms with E-state index < -0.39 is 10.0 Å². The third-order valence-corrected chi connectivity index (χ3v) is 7.59. The van der Waals surface area contributed by atoms with E-state index in [-0.39, 0.29) is 36.2 Å². The van der Waals surface area contributed by atoms with E-state index in [2.05, 4.69) is 21.2 Å². The molecule has 1 N–H and O–H groups in total. The van der Waals surface area contributed by atoms with Gasteiger partial charge < -0.3 is 10.2 Å². The standard InChI is InChI=1S/C20H22BrN3O4S/c1-15(25)22-17-8-6-16(7-9-17)14-20(26)23-10-12-24(13-11-23)29(27,28)19-5-3-2-4-18(19)21/h2-9H,10-14H2,1H3,(H,22,25). The van der Waals surface area contributed by atoms with Crippen LogP contribution >= 0.6 is 15.9 Å². The third kappa shape index (κ3) is 5.23. The van der Waals surface area contributed by atoms with Crippen LogP contribution in [0.15, 0.2) is 57.9 Å². The Morgan fingerprint density at radius 3 is 2.21 bits per heavy atom. The Kier molecular flexibility index (Phi) is 6.71. The number of carbonyl (C=O) groups is 2. The van der Waals surface area contributed by atoms with E-state index in [9.17, 15) is 18.0 Å². The van der Waals surface area contributed by atoms with Crippen LogP contribution in [0.1, 0.15) is 12.5 Å². The van der Waals surface area contributed by atoms with Crippen molar-refractivity contribution in [3.63, 3.8) is 0 Å². The highest BCUT2D eigenvalue weighted by atomic mass is 79.9. The second-order valence-corrected chi connectivity index (χ2v) is 9.53. The molecule has 0 atom stereocenters. The van der Waals surface area contributed by atoms with Gasteiger partial charge in [0.05, 0.1) is 11.3 Å². The lowest BCUT2D eigenvalue weighted by Gasteiger charge is -2.34. The number of sulfonamides is 1. The Labute approximate surface area is 178 Å². The summed E-state index contributed by atoms with van der Waals surface area (Å²) in [4.78, 5) is 25.6. The van der Waals surface area contributed by atoms with Gasteiger partial charge in [-0.15, -0.1) is 0 Å². The van der Waals surface area contributed by atoms with E-state index in [0.29, 0.717) is 23.2 Å². The summed E-state index contributed by atoms with van der Waals surface area (Å²) in [6, 6.07) is 13.8. The maximum atomic E-state index is 12.8. The van der Waals surface area contributed by atoms with Gasteiger partial charge in [0, 0.05) is 43.3 Å². The van der Waals surface area contributed by atoms with Gasteiger partial charge in [-0.25, -0.2) is 8.42 Å². The number of rotatable bonds is 5. The van der Waals surface area contributed by atoms with Crippen molar-refractivity contribution in [3.8, 4) is 0 Å². The van der Waals surface area contributed by atoms with E-state index in [1.165, 1.54) is 11.2 Å². The molecule has 9 heteroatoms. The molecule has 29 heavy (non-hydrogen) atoms. The number of nitrogens with zero attached hydrogens (tertiary/aromatic N) is 2. The number of hydrogen-bond acceptors (Lipinski definition) is 4. The van der Waals surface area contributed by atoms with E-state index in [0.717, 1.165) is 5.56 Å². The number of anilines is 1. The largest absolute Gasteiger partial charge is 0.340 e. The molecule has 1 fully saturated rings. The zero-order chi connectivity index (χ0) is 21.0. The Hall–Kier alpha value is -2.23. The maximum absolute atomic E-state index is 12.8. The van der Waals surface area contributed by atoms with Crippen molar-refractivity contribution >= 4 is 43.5 Å². The van der Waals surface area contributed by atoms with Gasteiger partial charge in [0.1, 0.15) is 0 Å². The highest BCUT2D eigenvalue weighted by Gasteiger charge is 2.31. The van der Waals surface area contributed by atoms with Crippen LogP contribution in [0.25, 0.3) is 0 Å². The minimum absolute atomic E-state index is 0.0461. The fourth-order valence-corrected chi connectivity index (χ4v) is 5.55. The van der Waals surface area contributed by atoms with Gasteiger partial charge in [-0.1, -0.05) is 24.3 Å². The monoisotopic (exact) mass is 479 g/mol. The zero-order valence-electron chi connectivity index (χ0n) is 16.0. The molecule has 0 spiro atoms. The minimum Gasteiger partial charge on any atom is -0.340 e. The first-order valence-corrected chi connectivity index (χ1v) is 11.4. The molecule has 1 aliphatic rings. The number of hydrogen-bond donors (Lipinski definition) is 1. The van der Waals surface area contributed by atoms with Crippen LogP contribution in [0.3, 0.4) is 0 Å². The second-order valence-electron chi connectivity index (χ2n) is 6.77. The average molecular weight is 480 g/mol. The van der Waals surface area contributed by atoms with Crippen molar-refractivity contribution in [2.24, 2.45) is 0 Å². The molecule has 0 unspecified atom stereocenters. The molecule has 0 bridgehead atoms. The van der Waals surface area contributed by atoms with Crippen LogP contribution in [0.2, 0.25) is 0 Å². The van der Waals surface area contributed by atoms with Gasteiger partial charge in [0.25, 0.3) is 0 Å². The second kappa shape index (κ2) is 9.06. The van der Waals surface area contributed by atoms with Crippen molar-refractivity contribution in [2.75, 3.05) is 31.5 Å². The van der Waals surface area contributed by atoms with Crippen LogP contribution in [0, 0.1) is 0 Å². The predicted molar refractivity (Wildman–Crippen MR) is 114 cm³/mol. The molecule has 154 valence electrons. The lowest BCUT2D eigenvalue weighted by atomic mass is 10.1. The zero-order valence-corrected chi connectivity index (χ0v) is 18.4. The van der Waals surface area contributed by atoms with Crippen molar-refractivity contribution in [3.05, 3.63) is 58.6 Å². The molecule has 7 nitrogen and oxygen atoms in total. The van der Waals surface area contributed by atoms with Crippen molar-refractivity contribution in [1.29, 1.82) is 0 Å². The molecule has 1 saturated heterocycles. The molecule has 0 aliphatic carbocycles. The molecular formula is C20H22BrN3O4S. The number of amides is 2. The molecule has 1 aliphatic heterocycles. The van der Waals surface area contributed by atoms with Crippen LogP contribution in [-0.2, 0) is 26.0 Å². The molecule has 0 aromatic heterocycles. The fraction of sp³-hybridized carbons (Fsp3) is 0.300.